The minimum atomic E-state index is -0.101. The summed E-state index contributed by atoms with van der Waals surface area (Å²) < 4.78 is 7.13. The largest absolute Gasteiger partial charge is 0.381 e. The number of amides is 1. The second-order valence-electron chi connectivity index (χ2n) is 9.54. The molecule has 0 atom stereocenters. The lowest BCUT2D eigenvalue weighted by Crippen LogP contribution is -2.38. The molecule has 2 fully saturated rings. The molecule has 2 aliphatic rings. The maximum atomic E-state index is 13.0. The van der Waals surface area contributed by atoms with Crippen LogP contribution in [0.2, 0.25) is 0 Å². The first-order chi connectivity index (χ1) is 17.1. The second-order valence-corrected chi connectivity index (χ2v) is 9.54. The molecule has 6 rings (SSSR count). The molecule has 2 saturated heterocycles. The van der Waals surface area contributed by atoms with Crippen LogP contribution in [-0.4, -0.2) is 80.8 Å². The number of aromatic amines is 1. The number of hydrogen-bond acceptors (Lipinski definition) is 7. The molecule has 0 unspecified atom stereocenters. The Morgan fingerprint density at radius 2 is 1.97 bits per heavy atom. The van der Waals surface area contributed by atoms with Crippen LogP contribution in [0.3, 0.4) is 0 Å². The van der Waals surface area contributed by atoms with Crippen LogP contribution in [0.1, 0.15) is 36.0 Å². The Bertz CT molecular complexity index is 1350. The van der Waals surface area contributed by atoms with Gasteiger partial charge in [-0.3, -0.25) is 4.79 Å². The van der Waals surface area contributed by atoms with Crippen LogP contribution in [-0.2, 0) is 4.74 Å². The van der Waals surface area contributed by atoms with E-state index in [-0.39, 0.29) is 11.9 Å². The van der Waals surface area contributed by atoms with E-state index < -0.39 is 0 Å². The van der Waals surface area contributed by atoms with E-state index in [0.29, 0.717) is 30.8 Å². The molecule has 1 amide bonds. The maximum absolute atomic E-state index is 13.0. The molecule has 6 heterocycles. The van der Waals surface area contributed by atoms with Crippen LogP contribution in [0.15, 0.2) is 36.9 Å². The Morgan fingerprint density at radius 1 is 1.14 bits per heavy atom. The van der Waals surface area contributed by atoms with Crippen LogP contribution >= 0.6 is 0 Å². The fourth-order valence-corrected chi connectivity index (χ4v) is 4.98. The lowest BCUT2D eigenvalue weighted by molar-refractivity contribution is 0.0697. The zero-order valence-electron chi connectivity index (χ0n) is 19.8. The number of ether oxygens (including phenoxy) is 1. The predicted octanol–water partition coefficient (Wildman–Crippen LogP) is 2.69. The van der Waals surface area contributed by atoms with Crippen LogP contribution in [0.4, 0.5) is 5.95 Å². The Kier molecular flexibility index (Phi) is 5.83. The van der Waals surface area contributed by atoms with Crippen molar-refractivity contribution in [2.24, 2.45) is 0 Å². The molecular formula is C25H30N8O2. The molecule has 4 aromatic heterocycles. The maximum Gasteiger partial charge on any atom is 0.255 e. The van der Waals surface area contributed by atoms with Gasteiger partial charge in [0.05, 0.1) is 17.3 Å². The molecule has 0 radical (unpaired) electrons. The summed E-state index contributed by atoms with van der Waals surface area (Å²) in [6, 6.07) is 4.53. The van der Waals surface area contributed by atoms with Crippen LogP contribution < -0.4 is 10.6 Å². The zero-order valence-corrected chi connectivity index (χ0v) is 19.8. The summed E-state index contributed by atoms with van der Waals surface area (Å²) in [5.41, 5.74) is 4.09. The van der Waals surface area contributed by atoms with Gasteiger partial charge in [0.25, 0.3) is 5.91 Å². The van der Waals surface area contributed by atoms with Gasteiger partial charge in [-0.15, -0.1) is 0 Å². The Labute approximate surface area is 203 Å². The van der Waals surface area contributed by atoms with Crippen molar-refractivity contribution in [3.8, 4) is 11.1 Å². The van der Waals surface area contributed by atoms with Gasteiger partial charge in [0, 0.05) is 54.8 Å². The predicted molar refractivity (Wildman–Crippen MR) is 134 cm³/mol. The molecule has 0 spiro atoms. The van der Waals surface area contributed by atoms with E-state index in [2.05, 4.69) is 37.6 Å². The number of piperidine rings is 1. The van der Waals surface area contributed by atoms with Crippen molar-refractivity contribution in [3.05, 3.63) is 42.5 Å². The van der Waals surface area contributed by atoms with Crippen molar-refractivity contribution in [1.29, 1.82) is 0 Å². The summed E-state index contributed by atoms with van der Waals surface area (Å²) in [4.78, 5) is 27.9. The van der Waals surface area contributed by atoms with Gasteiger partial charge in [0.1, 0.15) is 5.65 Å². The molecule has 10 nitrogen and oxygen atoms in total. The first-order valence-corrected chi connectivity index (χ1v) is 12.3. The number of likely N-dealkylation sites (tertiary alicyclic amines) is 1. The standard InChI is InChI=1S/C25H30N8O2/c1-32-7-3-17(4-8-32)30-25-27-14-20-19(13-26-23(20)31-25)16-2-9-33-22(12-16)21(15-28-33)24(34)29-18-5-10-35-11-6-18/h2,9,12-15,17-18H,3-8,10-11H2,1H3,(H,29,34)(H2,26,27,30,31). The topological polar surface area (TPSA) is 112 Å². The number of anilines is 1. The molecule has 35 heavy (non-hydrogen) atoms. The Balaban J connectivity index is 1.25. The molecule has 10 heteroatoms. The normalized spacial score (nSPS) is 18.3. The highest BCUT2D eigenvalue weighted by Gasteiger charge is 2.21. The van der Waals surface area contributed by atoms with Crippen molar-refractivity contribution in [3.63, 3.8) is 0 Å². The summed E-state index contributed by atoms with van der Waals surface area (Å²) in [6.07, 6.45) is 11.2. The number of nitrogens with one attached hydrogen (secondary N) is 3. The highest BCUT2D eigenvalue weighted by molar-refractivity contribution is 6.02. The fraction of sp³-hybridized carbons (Fsp3) is 0.440. The third-order valence-corrected chi connectivity index (χ3v) is 7.12. The van der Waals surface area contributed by atoms with E-state index in [1.807, 2.05) is 30.7 Å². The van der Waals surface area contributed by atoms with Gasteiger partial charge in [0.15, 0.2) is 0 Å². The van der Waals surface area contributed by atoms with Crippen molar-refractivity contribution >= 4 is 28.4 Å². The van der Waals surface area contributed by atoms with Crippen molar-refractivity contribution in [2.75, 3.05) is 38.7 Å². The van der Waals surface area contributed by atoms with Gasteiger partial charge in [-0.2, -0.15) is 10.1 Å². The van der Waals surface area contributed by atoms with E-state index in [9.17, 15) is 4.79 Å². The number of nitrogens with zero attached hydrogens (tertiary/aromatic N) is 5. The van der Waals surface area contributed by atoms with Gasteiger partial charge in [0.2, 0.25) is 5.95 Å². The van der Waals surface area contributed by atoms with Crippen LogP contribution in [0, 0.1) is 0 Å². The summed E-state index contributed by atoms with van der Waals surface area (Å²) in [5.74, 6) is 0.551. The molecule has 3 N–H and O–H groups in total. The van der Waals surface area contributed by atoms with Gasteiger partial charge >= 0.3 is 0 Å². The summed E-state index contributed by atoms with van der Waals surface area (Å²) in [6.45, 7) is 3.53. The van der Waals surface area contributed by atoms with Gasteiger partial charge in [-0.1, -0.05) is 0 Å². The summed E-state index contributed by atoms with van der Waals surface area (Å²) >= 11 is 0. The second kappa shape index (κ2) is 9.27. The van der Waals surface area contributed by atoms with Crippen molar-refractivity contribution < 1.29 is 9.53 Å². The van der Waals surface area contributed by atoms with Crippen molar-refractivity contribution in [2.45, 2.75) is 37.8 Å². The molecule has 0 aliphatic carbocycles. The lowest BCUT2D eigenvalue weighted by Gasteiger charge is -2.29. The SMILES string of the molecule is CN1CCC(Nc2ncc3c(-c4ccn5ncc(C(=O)NC6CCOCC6)c5c4)c[nH]c3n2)CC1. The lowest BCUT2D eigenvalue weighted by atomic mass is 10.1. The van der Waals surface area contributed by atoms with Crippen molar-refractivity contribution in [1.82, 2.24) is 34.8 Å². The average molecular weight is 475 g/mol. The quantitative estimate of drug-likeness (QED) is 0.408. The third-order valence-electron chi connectivity index (χ3n) is 7.12. The third kappa shape index (κ3) is 4.46. The number of H-pyrrole nitrogens is 1. The van der Waals surface area contributed by atoms with E-state index in [1.54, 1.807) is 10.7 Å². The number of rotatable bonds is 5. The Morgan fingerprint density at radius 3 is 2.80 bits per heavy atom. The molecule has 0 aromatic carbocycles. The number of fused-ring (bicyclic) bond motifs is 2. The fourth-order valence-electron chi connectivity index (χ4n) is 4.98. The molecule has 0 saturated carbocycles. The van der Waals surface area contributed by atoms with Crippen LogP contribution in [0.5, 0.6) is 0 Å². The average Bonchev–Trinajstić information content (AvgIpc) is 3.50. The number of hydrogen-bond donors (Lipinski definition) is 3. The number of carbonyl (C=O) groups excluding carboxylic acids is 1. The Hall–Kier alpha value is -3.50. The molecular weight excluding hydrogens is 444 g/mol. The molecule has 0 bridgehead atoms. The first kappa shape index (κ1) is 22.0. The van der Waals surface area contributed by atoms with Gasteiger partial charge < -0.3 is 25.3 Å². The van der Waals surface area contributed by atoms with E-state index in [1.165, 1.54) is 0 Å². The van der Waals surface area contributed by atoms with Gasteiger partial charge in [-0.05, 0) is 63.5 Å². The highest BCUT2D eigenvalue weighted by Crippen LogP contribution is 2.29. The van der Waals surface area contributed by atoms with E-state index in [4.69, 9.17) is 9.72 Å². The number of pyridine rings is 1. The minimum absolute atomic E-state index is 0.101. The summed E-state index contributed by atoms with van der Waals surface area (Å²) in [7, 11) is 2.15. The smallest absolute Gasteiger partial charge is 0.255 e. The summed E-state index contributed by atoms with van der Waals surface area (Å²) in [5, 5.41) is 11.9. The van der Waals surface area contributed by atoms with E-state index >= 15 is 0 Å². The molecule has 182 valence electrons. The monoisotopic (exact) mass is 474 g/mol. The first-order valence-electron chi connectivity index (χ1n) is 12.3. The molecule has 4 aromatic rings. The number of aromatic nitrogens is 5. The minimum Gasteiger partial charge on any atom is -0.381 e. The van der Waals surface area contributed by atoms with Crippen LogP contribution in [0.25, 0.3) is 27.7 Å². The number of carbonyl (C=O) groups is 1. The molecule has 2 aliphatic heterocycles. The highest BCUT2D eigenvalue weighted by atomic mass is 16.5. The van der Waals surface area contributed by atoms with E-state index in [0.717, 1.165) is 66.4 Å². The van der Waals surface area contributed by atoms with Gasteiger partial charge in [-0.25, -0.2) is 9.50 Å². The zero-order chi connectivity index (χ0) is 23.8.